The summed E-state index contributed by atoms with van der Waals surface area (Å²) in [6.07, 6.45) is 1.26. The Labute approximate surface area is 95.7 Å². The predicted molar refractivity (Wildman–Crippen MR) is 60.9 cm³/mol. The first-order valence-electron chi connectivity index (χ1n) is 5.67. The molecule has 3 nitrogen and oxygen atoms in total. The first kappa shape index (κ1) is 11.6. The molecule has 1 aromatic rings. The molecule has 0 heterocycles. The van der Waals surface area contributed by atoms with Crippen LogP contribution in [0.2, 0.25) is 0 Å². The van der Waals surface area contributed by atoms with Crippen molar-refractivity contribution >= 4 is 0 Å². The van der Waals surface area contributed by atoms with Crippen LogP contribution in [0.4, 0.5) is 0 Å². The average molecular weight is 222 g/mol. The molecule has 1 saturated carbocycles. The molecule has 3 heteroatoms. The minimum Gasteiger partial charge on any atom is -0.394 e. The van der Waals surface area contributed by atoms with Gasteiger partial charge in [-0.2, -0.15) is 0 Å². The second-order valence-corrected chi connectivity index (χ2v) is 4.54. The van der Waals surface area contributed by atoms with Gasteiger partial charge in [0.1, 0.15) is 0 Å². The van der Waals surface area contributed by atoms with Crippen LogP contribution in [0, 0.1) is 5.41 Å². The predicted octanol–water partition coefficient (Wildman–Crippen LogP) is 1.34. The molecule has 0 unspecified atom stereocenters. The van der Waals surface area contributed by atoms with Crippen molar-refractivity contribution in [1.82, 2.24) is 0 Å². The number of benzene rings is 1. The second kappa shape index (κ2) is 4.95. The molecule has 0 saturated heterocycles. The van der Waals surface area contributed by atoms with Gasteiger partial charge in [0.25, 0.3) is 0 Å². The van der Waals surface area contributed by atoms with Crippen LogP contribution in [0.1, 0.15) is 18.4 Å². The van der Waals surface area contributed by atoms with Gasteiger partial charge in [-0.25, -0.2) is 0 Å². The minimum atomic E-state index is -0.636. The lowest BCUT2D eigenvalue weighted by Crippen LogP contribution is -2.29. The summed E-state index contributed by atoms with van der Waals surface area (Å²) in [5, 5.41) is 18.5. The molecular formula is C13H18O3. The van der Waals surface area contributed by atoms with Crippen molar-refractivity contribution in [3.63, 3.8) is 0 Å². The molecule has 88 valence electrons. The monoisotopic (exact) mass is 222 g/mol. The van der Waals surface area contributed by atoms with Crippen LogP contribution in [-0.4, -0.2) is 29.5 Å². The Balaban J connectivity index is 1.76. The molecule has 2 rings (SSSR count). The van der Waals surface area contributed by atoms with E-state index in [0.29, 0.717) is 13.2 Å². The normalized spacial score (nSPS) is 19.4. The van der Waals surface area contributed by atoms with Gasteiger partial charge in [-0.1, -0.05) is 30.3 Å². The van der Waals surface area contributed by atoms with E-state index in [9.17, 15) is 5.11 Å². The first-order chi connectivity index (χ1) is 7.77. The molecule has 0 bridgehead atoms. The molecule has 0 radical (unpaired) electrons. The van der Waals surface area contributed by atoms with Crippen molar-refractivity contribution in [2.45, 2.75) is 25.6 Å². The van der Waals surface area contributed by atoms with E-state index in [-0.39, 0.29) is 12.0 Å². The lowest BCUT2D eigenvalue weighted by Gasteiger charge is -2.20. The van der Waals surface area contributed by atoms with E-state index < -0.39 is 6.10 Å². The van der Waals surface area contributed by atoms with Gasteiger partial charge in [-0.3, -0.25) is 0 Å². The lowest BCUT2D eigenvalue weighted by molar-refractivity contribution is -0.0188. The van der Waals surface area contributed by atoms with E-state index in [1.54, 1.807) is 0 Å². The summed E-state index contributed by atoms with van der Waals surface area (Å²) >= 11 is 0. The molecule has 1 aromatic carbocycles. The van der Waals surface area contributed by atoms with Gasteiger partial charge < -0.3 is 14.9 Å². The molecule has 1 aliphatic rings. The van der Waals surface area contributed by atoms with Crippen molar-refractivity contribution in [2.75, 3.05) is 13.2 Å². The second-order valence-electron chi connectivity index (χ2n) is 4.54. The summed E-state index contributed by atoms with van der Waals surface area (Å²) in [5.41, 5.74) is 0.959. The van der Waals surface area contributed by atoms with Crippen molar-refractivity contribution in [1.29, 1.82) is 0 Å². The Kier molecular flexibility index (Phi) is 3.59. The highest BCUT2D eigenvalue weighted by molar-refractivity contribution is 5.13. The fourth-order valence-corrected chi connectivity index (χ4v) is 1.87. The van der Waals surface area contributed by atoms with E-state index >= 15 is 0 Å². The molecule has 0 aromatic heterocycles. The minimum absolute atomic E-state index is 0.172. The third kappa shape index (κ3) is 2.61. The van der Waals surface area contributed by atoms with Gasteiger partial charge in [-0.15, -0.1) is 0 Å². The zero-order valence-electron chi connectivity index (χ0n) is 9.30. The van der Waals surface area contributed by atoms with Crippen molar-refractivity contribution < 1.29 is 14.9 Å². The SMILES string of the molecule is OC[C@@H](O)C1(COCc2ccccc2)CC1. The maximum atomic E-state index is 9.62. The van der Waals surface area contributed by atoms with E-state index in [1.165, 1.54) is 0 Å². The van der Waals surface area contributed by atoms with Crippen LogP contribution in [-0.2, 0) is 11.3 Å². The van der Waals surface area contributed by atoms with Crippen LogP contribution in [0.5, 0.6) is 0 Å². The maximum Gasteiger partial charge on any atom is 0.0848 e. The van der Waals surface area contributed by atoms with Gasteiger partial charge in [0.2, 0.25) is 0 Å². The Bertz CT molecular complexity index is 319. The summed E-state index contributed by atoms with van der Waals surface area (Å²) in [6.45, 7) is 0.930. The van der Waals surface area contributed by atoms with E-state index in [1.807, 2.05) is 30.3 Å². The third-order valence-electron chi connectivity index (χ3n) is 3.27. The Hall–Kier alpha value is -0.900. The number of aliphatic hydroxyl groups excluding tert-OH is 2. The highest BCUT2D eigenvalue weighted by Crippen LogP contribution is 2.48. The highest BCUT2D eigenvalue weighted by atomic mass is 16.5. The van der Waals surface area contributed by atoms with Crippen LogP contribution in [0.25, 0.3) is 0 Å². The molecule has 1 atom stereocenters. The molecular weight excluding hydrogens is 204 g/mol. The number of rotatable bonds is 6. The van der Waals surface area contributed by atoms with Gasteiger partial charge in [0.15, 0.2) is 0 Å². The first-order valence-corrected chi connectivity index (χ1v) is 5.67. The van der Waals surface area contributed by atoms with Gasteiger partial charge in [0, 0.05) is 5.41 Å². The van der Waals surface area contributed by atoms with Crippen molar-refractivity contribution in [2.24, 2.45) is 5.41 Å². The topological polar surface area (TPSA) is 49.7 Å². The fraction of sp³-hybridized carbons (Fsp3) is 0.538. The smallest absolute Gasteiger partial charge is 0.0848 e. The number of aliphatic hydroxyl groups is 2. The molecule has 1 aliphatic carbocycles. The summed E-state index contributed by atoms with van der Waals surface area (Å²) in [4.78, 5) is 0. The Morgan fingerprint density at radius 3 is 2.50 bits per heavy atom. The summed E-state index contributed by atoms with van der Waals surface area (Å²) in [7, 11) is 0. The summed E-state index contributed by atoms with van der Waals surface area (Å²) in [5.74, 6) is 0. The number of hydrogen-bond acceptors (Lipinski definition) is 3. The molecule has 0 spiro atoms. The zero-order valence-corrected chi connectivity index (χ0v) is 9.30. The standard InChI is InChI=1S/C13H18O3/c14-8-12(15)13(6-7-13)10-16-9-11-4-2-1-3-5-11/h1-5,12,14-15H,6-10H2/t12-/m1/s1. The van der Waals surface area contributed by atoms with Crippen molar-refractivity contribution in [3.05, 3.63) is 35.9 Å². The van der Waals surface area contributed by atoms with Crippen LogP contribution in [0.3, 0.4) is 0 Å². The maximum absolute atomic E-state index is 9.62. The van der Waals surface area contributed by atoms with Crippen LogP contribution >= 0.6 is 0 Å². The van der Waals surface area contributed by atoms with Gasteiger partial charge in [0.05, 0.1) is 25.9 Å². The third-order valence-corrected chi connectivity index (χ3v) is 3.27. The molecule has 0 aliphatic heterocycles. The van der Waals surface area contributed by atoms with Gasteiger partial charge in [-0.05, 0) is 18.4 Å². The Morgan fingerprint density at radius 1 is 1.25 bits per heavy atom. The molecule has 0 amide bonds. The lowest BCUT2D eigenvalue weighted by atomic mass is 10.0. The Morgan fingerprint density at radius 2 is 1.94 bits per heavy atom. The van der Waals surface area contributed by atoms with E-state index in [2.05, 4.69) is 0 Å². The molecule has 1 fully saturated rings. The molecule has 16 heavy (non-hydrogen) atoms. The van der Waals surface area contributed by atoms with Crippen molar-refractivity contribution in [3.8, 4) is 0 Å². The summed E-state index contributed by atoms with van der Waals surface area (Å²) < 4.78 is 5.60. The van der Waals surface area contributed by atoms with Gasteiger partial charge >= 0.3 is 0 Å². The number of ether oxygens (including phenoxy) is 1. The summed E-state index contributed by atoms with van der Waals surface area (Å²) in [6, 6.07) is 9.97. The van der Waals surface area contributed by atoms with Crippen LogP contribution < -0.4 is 0 Å². The molecule has 2 N–H and O–H groups in total. The fourth-order valence-electron chi connectivity index (χ4n) is 1.87. The quantitative estimate of drug-likeness (QED) is 0.763. The van der Waals surface area contributed by atoms with Crippen LogP contribution in [0.15, 0.2) is 30.3 Å². The average Bonchev–Trinajstić information content (AvgIpc) is 3.11. The van der Waals surface area contributed by atoms with E-state index in [4.69, 9.17) is 9.84 Å². The number of hydrogen-bond donors (Lipinski definition) is 2. The van der Waals surface area contributed by atoms with E-state index in [0.717, 1.165) is 18.4 Å². The largest absolute Gasteiger partial charge is 0.394 e. The zero-order chi connectivity index (χ0) is 11.4. The highest BCUT2D eigenvalue weighted by Gasteiger charge is 2.48.